The third kappa shape index (κ3) is 6.89. The number of hydrogen-bond donors (Lipinski definition) is 0. The van der Waals surface area contributed by atoms with Crippen molar-refractivity contribution in [3.63, 3.8) is 0 Å². The second-order valence-electron chi connectivity index (χ2n) is 6.16. The molecule has 0 amide bonds. The first kappa shape index (κ1) is 23.5. The van der Waals surface area contributed by atoms with E-state index in [-0.39, 0.29) is 10.7 Å². The molecule has 29 heavy (non-hydrogen) atoms. The number of thioether (sulfide) groups is 2. The van der Waals surface area contributed by atoms with Crippen LogP contribution in [0.25, 0.3) is 11.3 Å². The highest BCUT2D eigenvalue weighted by atomic mass is 32.2. The molecule has 0 unspecified atom stereocenters. The van der Waals surface area contributed by atoms with E-state index in [0.29, 0.717) is 28.0 Å². The molecule has 0 aliphatic heterocycles. The smallest absolute Gasteiger partial charge is 0.240 e. The van der Waals surface area contributed by atoms with Gasteiger partial charge in [-0.3, -0.25) is 0 Å². The molecule has 0 aliphatic carbocycles. The van der Waals surface area contributed by atoms with Crippen molar-refractivity contribution in [2.45, 2.75) is 54.5 Å². The number of halogens is 5. The Bertz CT molecular complexity index is 846. The third-order valence-electron chi connectivity index (χ3n) is 4.02. The minimum absolute atomic E-state index is 0.0415. The predicted molar refractivity (Wildman–Crippen MR) is 106 cm³/mol. The van der Waals surface area contributed by atoms with Crippen molar-refractivity contribution >= 4 is 23.5 Å². The maximum absolute atomic E-state index is 13.5. The molecule has 0 fully saturated rings. The summed E-state index contributed by atoms with van der Waals surface area (Å²) in [6, 6.07) is 8.22. The summed E-state index contributed by atoms with van der Waals surface area (Å²) in [5.41, 5.74) is -1.09. The first-order chi connectivity index (χ1) is 13.8. The number of nitriles is 1. The van der Waals surface area contributed by atoms with E-state index < -0.39 is 23.1 Å². The van der Waals surface area contributed by atoms with Gasteiger partial charge in [-0.1, -0.05) is 50.1 Å². The maximum Gasteiger partial charge on any atom is 0.417 e. The number of rotatable bonds is 9. The number of alkyl halides is 5. The van der Waals surface area contributed by atoms with Crippen molar-refractivity contribution in [3.8, 4) is 17.3 Å². The van der Waals surface area contributed by atoms with Crippen LogP contribution in [0.1, 0.15) is 43.7 Å². The Morgan fingerprint density at radius 2 is 1.79 bits per heavy atom. The number of pyridine rings is 1. The van der Waals surface area contributed by atoms with Crippen LogP contribution in [0.15, 0.2) is 40.3 Å². The molecule has 1 heterocycles. The summed E-state index contributed by atoms with van der Waals surface area (Å²) >= 11 is 1.49. The second kappa shape index (κ2) is 10.8. The zero-order chi connectivity index (χ0) is 21.4. The van der Waals surface area contributed by atoms with Crippen LogP contribution in [0.2, 0.25) is 0 Å². The molecule has 0 radical (unpaired) electrons. The molecule has 0 saturated heterocycles. The fraction of sp³-hybridized carbons (Fsp3) is 0.400. The normalized spacial score (nSPS) is 11.7. The fourth-order valence-corrected chi connectivity index (χ4v) is 4.11. The van der Waals surface area contributed by atoms with Crippen molar-refractivity contribution < 1.29 is 22.0 Å². The van der Waals surface area contributed by atoms with Crippen molar-refractivity contribution in [2.24, 2.45) is 0 Å². The van der Waals surface area contributed by atoms with Crippen LogP contribution in [0.5, 0.6) is 0 Å². The van der Waals surface area contributed by atoms with Crippen LogP contribution in [0.4, 0.5) is 22.0 Å². The minimum atomic E-state index is -4.70. The number of unbranched alkanes of at least 4 members (excludes halogenated alkanes) is 3. The van der Waals surface area contributed by atoms with Crippen molar-refractivity contribution in [1.29, 1.82) is 5.26 Å². The summed E-state index contributed by atoms with van der Waals surface area (Å²) in [6.07, 6.45) is -0.849. The summed E-state index contributed by atoms with van der Waals surface area (Å²) in [4.78, 5) is 4.59. The SMILES string of the molecule is CCCCCCSc1nc(-c2ccc(SC(F)F)cc2)cc(C(F)(F)F)c1C#N. The van der Waals surface area contributed by atoms with Crippen LogP contribution in [0.3, 0.4) is 0 Å². The first-order valence-corrected chi connectivity index (χ1v) is 10.8. The Labute approximate surface area is 174 Å². The largest absolute Gasteiger partial charge is 0.417 e. The number of aromatic nitrogens is 1. The first-order valence-electron chi connectivity index (χ1n) is 8.96. The highest BCUT2D eigenvalue weighted by Crippen LogP contribution is 2.38. The molecule has 1 aromatic heterocycles. The lowest BCUT2D eigenvalue weighted by atomic mass is 10.1. The van der Waals surface area contributed by atoms with E-state index in [0.717, 1.165) is 43.5 Å². The molecule has 2 aromatic rings. The monoisotopic (exact) mass is 446 g/mol. The molecule has 0 bridgehead atoms. The molecular formula is C20H19F5N2S2. The third-order valence-corrected chi connectivity index (χ3v) is 5.80. The van der Waals surface area contributed by atoms with Gasteiger partial charge in [0.1, 0.15) is 11.1 Å². The predicted octanol–water partition coefficient (Wildman–Crippen LogP) is 7.63. The standard InChI is InChI=1S/C20H19F5N2S2/c1-2-3-4-5-10-28-18-15(12-26)16(20(23,24)25)11-17(27-18)13-6-8-14(9-7-13)29-19(21)22/h6-9,11,19H,2-5,10H2,1H3. The number of benzene rings is 1. The van der Waals surface area contributed by atoms with Crippen LogP contribution in [0, 0.1) is 11.3 Å². The molecule has 0 atom stereocenters. The molecule has 0 saturated carbocycles. The van der Waals surface area contributed by atoms with Gasteiger partial charge in [0.05, 0.1) is 16.8 Å². The van der Waals surface area contributed by atoms with E-state index in [9.17, 15) is 27.2 Å². The highest BCUT2D eigenvalue weighted by Gasteiger charge is 2.36. The van der Waals surface area contributed by atoms with Gasteiger partial charge in [0.25, 0.3) is 5.76 Å². The van der Waals surface area contributed by atoms with Gasteiger partial charge in [-0.05, 0) is 30.4 Å². The Morgan fingerprint density at radius 3 is 2.34 bits per heavy atom. The van der Waals surface area contributed by atoms with Crippen LogP contribution in [-0.4, -0.2) is 16.5 Å². The molecular weight excluding hydrogens is 427 g/mol. The van der Waals surface area contributed by atoms with E-state index in [2.05, 4.69) is 11.9 Å². The van der Waals surface area contributed by atoms with Gasteiger partial charge in [-0.25, -0.2) is 4.98 Å². The zero-order valence-corrected chi connectivity index (χ0v) is 17.2. The topological polar surface area (TPSA) is 36.7 Å². The quantitative estimate of drug-likeness (QED) is 0.225. The molecule has 0 N–H and O–H groups in total. The summed E-state index contributed by atoms with van der Waals surface area (Å²) < 4.78 is 65.5. The molecule has 0 aliphatic rings. The van der Waals surface area contributed by atoms with Gasteiger partial charge in [0, 0.05) is 10.5 Å². The lowest BCUT2D eigenvalue weighted by Crippen LogP contribution is -2.10. The van der Waals surface area contributed by atoms with Gasteiger partial charge < -0.3 is 0 Å². The lowest BCUT2D eigenvalue weighted by molar-refractivity contribution is -0.138. The molecule has 9 heteroatoms. The van der Waals surface area contributed by atoms with Gasteiger partial charge in [0.2, 0.25) is 0 Å². The average molecular weight is 447 g/mol. The summed E-state index contributed by atoms with van der Waals surface area (Å²) in [5.74, 6) is -2.02. The minimum Gasteiger partial charge on any atom is -0.240 e. The van der Waals surface area contributed by atoms with E-state index in [1.54, 1.807) is 6.07 Å². The molecule has 156 valence electrons. The molecule has 2 rings (SSSR count). The molecule has 2 nitrogen and oxygen atoms in total. The van der Waals surface area contributed by atoms with E-state index in [4.69, 9.17) is 0 Å². The molecule has 1 aromatic carbocycles. The fourth-order valence-electron chi connectivity index (χ4n) is 2.61. The summed E-state index contributed by atoms with van der Waals surface area (Å²) in [7, 11) is 0. The zero-order valence-electron chi connectivity index (χ0n) is 15.6. The van der Waals surface area contributed by atoms with Crippen LogP contribution in [-0.2, 0) is 6.18 Å². The van der Waals surface area contributed by atoms with Gasteiger partial charge in [-0.2, -0.15) is 27.2 Å². The second-order valence-corrected chi connectivity index (χ2v) is 8.30. The average Bonchev–Trinajstić information content (AvgIpc) is 2.66. The van der Waals surface area contributed by atoms with Gasteiger partial charge in [0.15, 0.2) is 0 Å². The summed E-state index contributed by atoms with van der Waals surface area (Å²) in [5, 5.41) is 9.35. The van der Waals surface area contributed by atoms with Crippen molar-refractivity contribution in [3.05, 3.63) is 41.5 Å². The Balaban J connectivity index is 2.39. The lowest BCUT2D eigenvalue weighted by Gasteiger charge is -2.14. The Morgan fingerprint density at radius 1 is 1.10 bits per heavy atom. The Hall–Kier alpha value is -1.79. The highest BCUT2D eigenvalue weighted by molar-refractivity contribution is 7.99. The number of nitrogens with zero attached hydrogens (tertiary/aromatic N) is 2. The maximum atomic E-state index is 13.5. The van der Waals surface area contributed by atoms with E-state index in [1.807, 2.05) is 0 Å². The van der Waals surface area contributed by atoms with Crippen LogP contribution < -0.4 is 0 Å². The van der Waals surface area contributed by atoms with Crippen LogP contribution >= 0.6 is 23.5 Å². The van der Waals surface area contributed by atoms with Crippen molar-refractivity contribution in [2.75, 3.05) is 5.75 Å². The molecule has 0 spiro atoms. The van der Waals surface area contributed by atoms with Gasteiger partial charge >= 0.3 is 6.18 Å². The summed E-state index contributed by atoms with van der Waals surface area (Å²) in [6.45, 7) is 2.06. The Kier molecular flexibility index (Phi) is 8.78. The van der Waals surface area contributed by atoms with Crippen molar-refractivity contribution in [1.82, 2.24) is 4.98 Å². The number of hydrogen-bond acceptors (Lipinski definition) is 4. The van der Waals surface area contributed by atoms with E-state index >= 15 is 0 Å². The van der Waals surface area contributed by atoms with E-state index in [1.165, 1.54) is 24.3 Å². The van der Waals surface area contributed by atoms with Gasteiger partial charge in [-0.15, -0.1) is 11.8 Å².